The molecule has 0 aliphatic carbocycles. The summed E-state index contributed by atoms with van der Waals surface area (Å²) in [7, 11) is -1.96. The Morgan fingerprint density at radius 3 is 2.56 bits per heavy atom. The fourth-order valence-corrected chi connectivity index (χ4v) is 5.55. The van der Waals surface area contributed by atoms with Gasteiger partial charge in [0.05, 0.1) is 12.0 Å². The number of nitrogens with one attached hydrogen (secondary N) is 1. The number of aromatic nitrogens is 3. The first-order chi connectivity index (χ1) is 18.1. The Kier molecular flexibility index (Phi) is 7.28. The second-order valence-electron chi connectivity index (χ2n) is 10.8. The van der Waals surface area contributed by atoms with Crippen LogP contribution in [-0.2, 0) is 26.8 Å². The molecule has 10 nitrogen and oxygen atoms in total. The molecule has 2 aromatic heterocycles. The van der Waals surface area contributed by atoms with Gasteiger partial charge in [0, 0.05) is 26.4 Å². The smallest absolute Gasteiger partial charge is 0.286 e. The zero-order valence-electron chi connectivity index (χ0n) is 23.0. The van der Waals surface area contributed by atoms with E-state index < -0.39 is 43.9 Å². The van der Waals surface area contributed by atoms with E-state index in [0.717, 1.165) is 31.8 Å². The molecule has 1 N–H and O–H groups in total. The van der Waals surface area contributed by atoms with E-state index >= 15 is 4.39 Å². The standard InChI is InChI=1S/C27H32FN5O5S/c1-15(2)18-10-16(3)11-19-17-8-9-29-22(12-17)38-14-27(4,5)33-24(26(35)32(6)7)23(28)25(30-33)39(36,37)31-21(34)13-20(18)19/h8-12,15H,13-14H2,1-7H3,(H,31,34). The first-order valence-electron chi connectivity index (χ1n) is 12.4. The Labute approximate surface area is 227 Å². The summed E-state index contributed by atoms with van der Waals surface area (Å²) < 4.78 is 51.2. The number of amides is 2. The lowest BCUT2D eigenvalue weighted by molar-refractivity contribution is -0.118. The van der Waals surface area contributed by atoms with Crippen molar-refractivity contribution in [1.29, 1.82) is 0 Å². The van der Waals surface area contributed by atoms with Crippen molar-refractivity contribution in [3.8, 4) is 17.0 Å². The minimum absolute atomic E-state index is 0.0243. The number of fused-ring (bicyclic) bond motifs is 6. The lowest BCUT2D eigenvalue weighted by atomic mass is 9.87. The Hall–Kier alpha value is -3.80. The number of ether oxygens (including phenoxy) is 1. The molecule has 208 valence electrons. The molecule has 4 rings (SSSR count). The lowest BCUT2D eigenvalue weighted by Crippen LogP contribution is -2.39. The molecule has 1 aliphatic rings. The van der Waals surface area contributed by atoms with E-state index in [1.165, 1.54) is 14.1 Å². The largest absolute Gasteiger partial charge is 0.475 e. The van der Waals surface area contributed by atoms with Crippen LogP contribution in [0.2, 0.25) is 0 Å². The van der Waals surface area contributed by atoms with Crippen LogP contribution in [0.4, 0.5) is 4.39 Å². The number of hydrogen-bond acceptors (Lipinski definition) is 7. The number of aryl methyl sites for hydroxylation is 1. The highest BCUT2D eigenvalue weighted by atomic mass is 32.2. The van der Waals surface area contributed by atoms with Crippen molar-refractivity contribution in [3.63, 3.8) is 0 Å². The van der Waals surface area contributed by atoms with Crippen LogP contribution in [0.15, 0.2) is 35.5 Å². The number of pyridine rings is 1. The van der Waals surface area contributed by atoms with E-state index in [2.05, 4.69) is 10.1 Å². The van der Waals surface area contributed by atoms with E-state index in [1.54, 1.807) is 32.2 Å². The van der Waals surface area contributed by atoms with Crippen LogP contribution >= 0.6 is 0 Å². The number of rotatable bonds is 2. The molecular weight excluding hydrogens is 525 g/mol. The van der Waals surface area contributed by atoms with Gasteiger partial charge in [-0.3, -0.25) is 9.59 Å². The Balaban J connectivity index is 1.97. The van der Waals surface area contributed by atoms with Gasteiger partial charge < -0.3 is 9.64 Å². The topological polar surface area (TPSA) is 123 Å². The van der Waals surface area contributed by atoms with Gasteiger partial charge >= 0.3 is 0 Å². The number of benzene rings is 1. The number of carbonyl (C=O) groups excluding carboxylic acids is 2. The number of carbonyl (C=O) groups is 2. The zero-order chi connectivity index (χ0) is 28.9. The third kappa shape index (κ3) is 5.38. The summed E-state index contributed by atoms with van der Waals surface area (Å²) in [6, 6.07) is 7.40. The summed E-state index contributed by atoms with van der Waals surface area (Å²) in [5.74, 6) is -2.73. The van der Waals surface area contributed by atoms with Crippen LogP contribution in [0.3, 0.4) is 0 Å². The highest BCUT2D eigenvalue weighted by Gasteiger charge is 2.38. The maximum Gasteiger partial charge on any atom is 0.286 e. The van der Waals surface area contributed by atoms with Crippen molar-refractivity contribution >= 4 is 21.8 Å². The van der Waals surface area contributed by atoms with E-state index in [4.69, 9.17) is 4.74 Å². The lowest BCUT2D eigenvalue weighted by Gasteiger charge is -2.27. The molecule has 0 spiro atoms. The molecule has 3 aromatic rings. The molecule has 12 heteroatoms. The SMILES string of the molecule is Cc1cc2c(c(C(C)C)c1)CC(=O)NS(=O)(=O)c1nn(c(C(=O)N(C)C)c1F)C(C)(C)COc1cc-2ccn1. The minimum atomic E-state index is -4.78. The van der Waals surface area contributed by atoms with Gasteiger partial charge in [-0.25, -0.2) is 18.8 Å². The molecule has 39 heavy (non-hydrogen) atoms. The van der Waals surface area contributed by atoms with E-state index in [9.17, 15) is 18.0 Å². The molecule has 4 bridgehead atoms. The van der Waals surface area contributed by atoms with Crippen molar-refractivity contribution in [3.05, 3.63) is 58.7 Å². The Morgan fingerprint density at radius 1 is 1.23 bits per heavy atom. The van der Waals surface area contributed by atoms with Crippen LogP contribution in [0.25, 0.3) is 11.1 Å². The Morgan fingerprint density at radius 2 is 1.92 bits per heavy atom. The van der Waals surface area contributed by atoms with Gasteiger partial charge in [-0.15, -0.1) is 0 Å². The van der Waals surface area contributed by atoms with Crippen molar-refractivity contribution in [2.75, 3.05) is 20.7 Å². The van der Waals surface area contributed by atoms with Crippen LogP contribution in [0.5, 0.6) is 5.88 Å². The van der Waals surface area contributed by atoms with Gasteiger partial charge in [-0.2, -0.15) is 13.5 Å². The molecule has 3 heterocycles. The van der Waals surface area contributed by atoms with Crippen LogP contribution in [-0.4, -0.2) is 60.6 Å². The van der Waals surface area contributed by atoms with Crippen LogP contribution in [0.1, 0.15) is 60.8 Å². The molecule has 0 atom stereocenters. The monoisotopic (exact) mass is 557 g/mol. The summed E-state index contributed by atoms with van der Waals surface area (Å²) >= 11 is 0. The third-order valence-corrected chi connectivity index (χ3v) is 7.76. The fraction of sp³-hybridized carbons (Fsp3) is 0.407. The molecule has 0 unspecified atom stereocenters. The number of hydrogen-bond donors (Lipinski definition) is 1. The molecule has 0 saturated carbocycles. The van der Waals surface area contributed by atoms with Crippen molar-refractivity contribution in [1.82, 2.24) is 24.4 Å². The van der Waals surface area contributed by atoms with Gasteiger partial charge in [0.25, 0.3) is 15.9 Å². The summed E-state index contributed by atoms with van der Waals surface area (Å²) in [6.45, 7) is 9.02. The van der Waals surface area contributed by atoms with Crippen molar-refractivity contribution < 1.29 is 27.1 Å². The third-order valence-electron chi connectivity index (χ3n) is 6.49. The summed E-state index contributed by atoms with van der Waals surface area (Å²) in [5, 5.41) is 2.94. The maximum absolute atomic E-state index is 15.7. The summed E-state index contributed by atoms with van der Waals surface area (Å²) in [4.78, 5) is 31.6. The average Bonchev–Trinajstić information content (AvgIpc) is 3.21. The first-order valence-corrected chi connectivity index (χ1v) is 13.9. The van der Waals surface area contributed by atoms with Crippen LogP contribution in [0, 0.1) is 12.7 Å². The van der Waals surface area contributed by atoms with Crippen molar-refractivity contribution in [2.24, 2.45) is 0 Å². The van der Waals surface area contributed by atoms with Gasteiger partial charge in [0.1, 0.15) is 6.61 Å². The quantitative estimate of drug-likeness (QED) is 0.512. The second-order valence-corrected chi connectivity index (χ2v) is 12.4. The molecular formula is C27H32FN5O5S. The predicted molar refractivity (Wildman–Crippen MR) is 143 cm³/mol. The molecule has 0 fully saturated rings. The average molecular weight is 558 g/mol. The maximum atomic E-state index is 15.7. The van der Waals surface area contributed by atoms with E-state index in [1.807, 2.05) is 37.6 Å². The van der Waals surface area contributed by atoms with E-state index in [0.29, 0.717) is 5.56 Å². The molecule has 0 saturated heterocycles. The van der Waals surface area contributed by atoms with Gasteiger partial charge in [-0.05, 0) is 55.0 Å². The number of sulfonamides is 1. The van der Waals surface area contributed by atoms with Crippen LogP contribution < -0.4 is 9.46 Å². The first kappa shape index (κ1) is 28.2. The van der Waals surface area contributed by atoms with E-state index in [-0.39, 0.29) is 24.8 Å². The molecule has 1 aromatic carbocycles. The van der Waals surface area contributed by atoms with Crippen molar-refractivity contribution in [2.45, 2.75) is 57.5 Å². The number of nitrogens with zero attached hydrogens (tertiary/aromatic N) is 4. The number of halogens is 1. The normalized spacial score (nSPS) is 16.4. The summed E-state index contributed by atoms with van der Waals surface area (Å²) in [6.07, 6.45) is 1.28. The fourth-order valence-electron chi connectivity index (χ4n) is 4.56. The summed E-state index contributed by atoms with van der Waals surface area (Å²) in [5.41, 5.74) is 2.17. The Bertz CT molecular complexity index is 1580. The van der Waals surface area contributed by atoms with Gasteiger partial charge in [0.15, 0.2) is 11.5 Å². The predicted octanol–water partition coefficient (Wildman–Crippen LogP) is 3.39. The zero-order valence-corrected chi connectivity index (χ0v) is 23.8. The minimum Gasteiger partial charge on any atom is -0.475 e. The second kappa shape index (κ2) is 10.1. The highest BCUT2D eigenvalue weighted by Crippen LogP contribution is 2.34. The molecule has 0 radical (unpaired) electrons. The van der Waals surface area contributed by atoms with Gasteiger partial charge in [0.2, 0.25) is 16.8 Å². The molecule has 2 amide bonds. The molecule has 1 aliphatic heterocycles. The highest BCUT2D eigenvalue weighted by molar-refractivity contribution is 7.90. The van der Waals surface area contributed by atoms with Gasteiger partial charge in [-0.1, -0.05) is 31.5 Å².